The highest BCUT2D eigenvalue weighted by atomic mass is 16.5. The van der Waals surface area contributed by atoms with Gasteiger partial charge in [0.2, 0.25) is 0 Å². The Morgan fingerprint density at radius 2 is 1.75 bits per heavy atom. The summed E-state index contributed by atoms with van der Waals surface area (Å²) >= 11 is 0. The molecule has 0 fully saturated rings. The van der Waals surface area contributed by atoms with Gasteiger partial charge in [-0.05, 0) is 61.9 Å². The molecular formula is C22H21N3O3. The maximum Gasteiger partial charge on any atom is 0.336 e. The Bertz CT molecular complexity index is 1180. The van der Waals surface area contributed by atoms with Gasteiger partial charge in [-0.3, -0.25) is 9.88 Å². The Kier molecular flexibility index (Phi) is 4.79. The van der Waals surface area contributed by atoms with Crippen LogP contribution in [0.15, 0.2) is 62.5 Å². The Balaban J connectivity index is 1.56. The van der Waals surface area contributed by atoms with Crippen LogP contribution in [-0.4, -0.2) is 22.1 Å². The van der Waals surface area contributed by atoms with Crippen LogP contribution in [0.2, 0.25) is 0 Å². The van der Waals surface area contributed by atoms with Gasteiger partial charge in [-0.1, -0.05) is 5.16 Å². The van der Waals surface area contributed by atoms with Gasteiger partial charge >= 0.3 is 5.63 Å². The summed E-state index contributed by atoms with van der Waals surface area (Å²) < 4.78 is 10.9. The maximum atomic E-state index is 12.0. The van der Waals surface area contributed by atoms with Crippen molar-refractivity contribution in [2.75, 3.05) is 7.05 Å². The smallest absolute Gasteiger partial charge is 0.336 e. The third-order valence-electron chi connectivity index (χ3n) is 4.85. The molecule has 0 saturated carbocycles. The second-order valence-corrected chi connectivity index (χ2v) is 7.11. The van der Waals surface area contributed by atoms with Crippen molar-refractivity contribution in [2.24, 2.45) is 0 Å². The SMILES string of the molecule is Cc1cc2oc(=O)cc(CN(C)Cc3cc(-c4ccncc4)no3)c2cc1C. The number of aryl methyl sites for hydroxylation is 2. The van der Waals surface area contributed by atoms with Gasteiger partial charge in [0.25, 0.3) is 0 Å². The van der Waals surface area contributed by atoms with Gasteiger partial charge in [0.15, 0.2) is 5.76 Å². The topological polar surface area (TPSA) is 72.4 Å². The highest BCUT2D eigenvalue weighted by Crippen LogP contribution is 2.23. The molecule has 0 saturated heterocycles. The number of nitrogens with zero attached hydrogens (tertiary/aromatic N) is 3. The van der Waals surface area contributed by atoms with Crippen LogP contribution in [0.25, 0.3) is 22.2 Å². The Morgan fingerprint density at radius 1 is 1.00 bits per heavy atom. The van der Waals surface area contributed by atoms with Crippen LogP contribution in [0.1, 0.15) is 22.5 Å². The van der Waals surface area contributed by atoms with E-state index >= 15 is 0 Å². The lowest BCUT2D eigenvalue weighted by Gasteiger charge is -2.16. The van der Waals surface area contributed by atoms with Gasteiger partial charge in [0.1, 0.15) is 11.3 Å². The van der Waals surface area contributed by atoms with E-state index < -0.39 is 0 Å². The average molecular weight is 375 g/mol. The first-order valence-corrected chi connectivity index (χ1v) is 9.08. The standard InChI is InChI=1S/C22H21N3O3/c1-14-8-19-17(10-22(26)27-21(19)9-15(14)2)12-25(3)13-18-11-20(24-28-18)16-4-6-23-7-5-16/h4-11H,12-13H2,1-3H3. The molecule has 0 radical (unpaired) electrons. The van der Waals surface area contributed by atoms with E-state index in [1.807, 2.05) is 38.2 Å². The fraction of sp³-hybridized carbons (Fsp3) is 0.227. The minimum Gasteiger partial charge on any atom is -0.423 e. The fourth-order valence-corrected chi connectivity index (χ4v) is 3.27. The molecule has 4 aromatic rings. The van der Waals surface area contributed by atoms with Crippen molar-refractivity contribution in [3.63, 3.8) is 0 Å². The molecule has 3 heterocycles. The molecule has 3 aromatic heterocycles. The summed E-state index contributed by atoms with van der Waals surface area (Å²) in [7, 11) is 1.98. The molecule has 0 atom stereocenters. The minimum absolute atomic E-state index is 0.334. The second-order valence-electron chi connectivity index (χ2n) is 7.11. The van der Waals surface area contributed by atoms with Crippen LogP contribution < -0.4 is 5.63 Å². The molecule has 0 aliphatic rings. The zero-order valence-electron chi connectivity index (χ0n) is 16.1. The molecule has 28 heavy (non-hydrogen) atoms. The third kappa shape index (κ3) is 3.73. The first-order valence-electron chi connectivity index (χ1n) is 9.08. The Morgan fingerprint density at radius 3 is 2.54 bits per heavy atom. The number of pyridine rings is 1. The highest BCUT2D eigenvalue weighted by Gasteiger charge is 2.13. The number of fused-ring (bicyclic) bond motifs is 1. The lowest BCUT2D eigenvalue weighted by atomic mass is 10.0. The quantitative estimate of drug-likeness (QED) is 0.489. The molecule has 6 nitrogen and oxygen atoms in total. The van der Waals surface area contributed by atoms with Crippen LogP contribution >= 0.6 is 0 Å². The van der Waals surface area contributed by atoms with E-state index in [1.54, 1.807) is 18.5 Å². The summed E-state index contributed by atoms with van der Waals surface area (Å²) in [6.07, 6.45) is 3.46. The first kappa shape index (κ1) is 18.1. The monoisotopic (exact) mass is 375 g/mol. The van der Waals surface area contributed by atoms with E-state index in [4.69, 9.17) is 8.94 Å². The zero-order valence-corrected chi connectivity index (χ0v) is 16.1. The van der Waals surface area contributed by atoms with E-state index in [2.05, 4.69) is 28.0 Å². The lowest BCUT2D eigenvalue weighted by Crippen LogP contribution is -2.18. The molecule has 0 bridgehead atoms. The van der Waals surface area contributed by atoms with Crippen molar-refractivity contribution < 1.29 is 8.94 Å². The molecule has 0 amide bonds. The molecule has 0 aliphatic heterocycles. The molecular weight excluding hydrogens is 354 g/mol. The van der Waals surface area contributed by atoms with E-state index in [0.717, 1.165) is 33.5 Å². The van der Waals surface area contributed by atoms with Crippen molar-refractivity contribution in [1.82, 2.24) is 15.0 Å². The molecule has 4 rings (SSSR count). The van der Waals surface area contributed by atoms with E-state index in [0.29, 0.717) is 18.7 Å². The highest BCUT2D eigenvalue weighted by molar-refractivity contribution is 5.81. The predicted octanol–water partition coefficient (Wildman–Crippen LogP) is 4.09. The molecule has 0 unspecified atom stereocenters. The van der Waals surface area contributed by atoms with Crippen LogP contribution in [0, 0.1) is 13.8 Å². The molecule has 1 aromatic carbocycles. The van der Waals surface area contributed by atoms with Crippen LogP contribution in [0.3, 0.4) is 0 Å². The predicted molar refractivity (Wildman–Crippen MR) is 107 cm³/mol. The largest absolute Gasteiger partial charge is 0.423 e. The number of rotatable bonds is 5. The van der Waals surface area contributed by atoms with Crippen LogP contribution in [-0.2, 0) is 13.1 Å². The molecule has 142 valence electrons. The molecule has 0 spiro atoms. The summed E-state index contributed by atoms with van der Waals surface area (Å²) in [4.78, 5) is 18.1. The zero-order chi connectivity index (χ0) is 19.7. The van der Waals surface area contributed by atoms with Crippen LogP contribution in [0.5, 0.6) is 0 Å². The summed E-state index contributed by atoms with van der Waals surface area (Å²) in [5, 5.41) is 5.10. The summed E-state index contributed by atoms with van der Waals surface area (Å²) in [5.74, 6) is 0.758. The Labute approximate surface area is 162 Å². The van der Waals surface area contributed by atoms with Crippen molar-refractivity contribution >= 4 is 11.0 Å². The lowest BCUT2D eigenvalue weighted by molar-refractivity contribution is 0.267. The number of hydrogen-bond donors (Lipinski definition) is 0. The number of aromatic nitrogens is 2. The van der Waals surface area contributed by atoms with Gasteiger partial charge in [-0.2, -0.15) is 0 Å². The van der Waals surface area contributed by atoms with Gasteiger partial charge in [0, 0.05) is 42.0 Å². The van der Waals surface area contributed by atoms with Gasteiger partial charge in [0.05, 0.1) is 6.54 Å². The molecule has 0 aliphatic carbocycles. The number of hydrogen-bond acceptors (Lipinski definition) is 6. The van der Waals surface area contributed by atoms with Gasteiger partial charge in [-0.15, -0.1) is 0 Å². The van der Waals surface area contributed by atoms with Crippen molar-refractivity contribution in [1.29, 1.82) is 0 Å². The Hall–Kier alpha value is -3.25. The number of benzene rings is 1. The van der Waals surface area contributed by atoms with Gasteiger partial charge < -0.3 is 8.94 Å². The van der Waals surface area contributed by atoms with E-state index in [1.165, 1.54) is 5.56 Å². The van der Waals surface area contributed by atoms with Crippen molar-refractivity contribution in [3.05, 3.63) is 81.7 Å². The summed E-state index contributed by atoms with van der Waals surface area (Å²) in [6.45, 7) is 5.24. The third-order valence-corrected chi connectivity index (χ3v) is 4.85. The van der Waals surface area contributed by atoms with Crippen LogP contribution in [0.4, 0.5) is 0 Å². The van der Waals surface area contributed by atoms with Gasteiger partial charge in [-0.25, -0.2) is 4.79 Å². The van der Waals surface area contributed by atoms with E-state index in [9.17, 15) is 4.79 Å². The summed E-state index contributed by atoms with van der Waals surface area (Å²) in [6, 6.07) is 11.3. The summed E-state index contributed by atoms with van der Waals surface area (Å²) in [5.41, 5.74) is 5.24. The normalized spacial score (nSPS) is 11.4. The van der Waals surface area contributed by atoms with Crippen molar-refractivity contribution in [2.45, 2.75) is 26.9 Å². The fourth-order valence-electron chi connectivity index (χ4n) is 3.27. The maximum absolute atomic E-state index is 12.0. The van der Waals surface area contributed by atoms with Crippen molar-refractivity contribution in [3.8, 4) is 11.3 Å². The molecule has 0 N–H and O–H groups in total. The second kappa shape index (κ2) is 7.40. The molecule has 6 heteroatoms. The van der Waals surface area contributed by atoms with E-state index in [-0.39, 0.29) is 5.63 Å². The first-order chi connectivity index (χ1) is 13.5. The minimum atomic E-state index is -0.334. The average Bonchev–Trinajstić information content (AvgIpc) is 3.12.